The van der Waals surface area contributed by atoms with Crippen molar-refractivity contribution >= 4 is 45.0 Å². The summed E-state index contributed by atoms with van der Waals surface area (Å²) < 4.78 is 27.6. The summed E-state index contributed by atoms with van der Waals surface area (Å²) in [6.07, 6.45) is 0.803. The van der Waals surface area contributed by atoms with Crippen LogP contribution in [0.25, 0.3) is 0 Å². The molecule has 0 aliphatic carbocycles. The number of rotatable bonds is 11. The number of carbonyl (C=O) groups excluding carboxylic acids is 1. The fourth-order valence-corrected chi connectivity index (χ4v) is 5.68. The maximum atomic E-state index is 13.3. The van der Waals surface area contributed by atoms with E-state index >= 15 is 0 Å². The molecule has 0 atom stereocenters. The molecule has 0 unspecified atom stereocenters. The van der Waals surface area contributed by atoms with Gasteiger partial charge in [0.05, 0.1) is 10.6 Å². The minimum atomic E-state index is -3.93. The van der Waals surface area contributed by atoms with Crippen LogP contribution in [0.2, 0.25) is 5.02 Å². The standard InChI is InChI=1S/C25H27ClN2O3S2/c1-20-7-5-8-21(17-20)19-32-16-6-15-27-25(29)18-28(23-9-3-2-4-10-23)33(30,31)24-13-11-22(26)12-14-24/h2-5,7-14,17H,6,15-16,18-19H2,1H3,(H,27,29). The zero-order chi connectivity index (χ0) is 23.7. The number of thioether (sulfide) groups is 1. The Bertz CT molecular complexity index is 1150. The van der Waals surface area contributed by atoms with Gasteiger partial charge in [0.2, 0.25) is 5.91 Å². The molecular formula is C25H27ClN2O3S2. The number of halogens is 1. The van der Waals surface area contributed by atoms with Crippen LogP contribution in [0.1, 0.15) is 17.5 Å². The van der Waals surface area contributed by atoms with Crippen LogP contribution in [0.5, 0.6) is 0 Å². The van der Waals surface area contributed by atoms with Gasteiger partial charge in [-0.2, -0.15) is 11.8 Å². The van der Waals surface area contributed by atoms with Crippen molar-refractivity contribution in [2.75, 3.05) is 23.1 Å². The summed E-state index contributed by atoms with van der Waals surface area (Å²) in [5.41, 5.74) is 2.96. The highest BCUT2D eigenvalue weighted by Crippen LogP contribution is 2.24. The third-order valence-electron chi connectivity index (χ3n) is 4.87. The van der Waals surface area contributed by atoms with Crippen LogP contribution < -0.4 is 9.62 Å². The molecule has 1 amide bonds. The van der Waals surface area contributed by atoms with Crippen molar-refractivity contribution in [2.24, 2.45) is 0 Å². The molecule has 0 saturated carbocycles. The van der Waals surface area contributed by atoms with Crippen LogP contribution in [0.3, 0.4) is 0 Å². The summed E-state index contributed by atoms with van der Waals surface area (Å²) >= 11 is 7.72. The first-order valence-electron chi connectivity index (χ1n) is 10.6. The van der Waals surface area contributed by atoms with Crippen molar-refractivity contribution in [3.8, 4) is 0 Å². The molecule has 1 N–H and O–H groups in total. The van der Waals surface area contributed by atoms with Gasteiger partial charge in [-0.1, -0.05) is 59.6 Å². The summed E-state index contributed by atoms with van der Waals surface area (Å²) in [5.74, 6) is 1.48. The molecule has 0 aromatic heterocycles. The number of anilines is 1. The molecule has 0 spiro atoms. The van der Waals surface area contributed by atoms with Crippen molar-refractivity contribution in [3.05, 3.63) is 95.0 Å². The number of carbonyl (C=O) groups is 1. The van der Waals surface area contributed by atoms with E-state index in [0.29, 0.717) is 17.3 Å². The third kappa shape index (κ3) is 7.52. The summed E-state index contributed by atoms with van der Waals surface area (Å²) in [6.45, 7) is 2.27. The van der Waals surface area contributed by atoms with Crippen LogP contribution in [0, 0.1) is 6.92 Å². The summed E-state index contributed by atoms with van der Waals surface area (Å²) in [7, 11) is -3.93. The highest BCUT2D eigenvalue weighted by molar-refractivity contribution is 7.98. The lowest BCUT2D eigenvalue weighted by Gasteiger charge is -2.24. The van der Waals surface area contributed by atoms with Gasteiger partial charge in [-0.25, -0.2) is 8.42 Å². The molecule has 0 saturated heterocycles. The molecule has 33 heavy (non-hydrogen) atoms. The number of hydrogen-bond donors (Lipinski definition) is 1. The Morgan fingerprint density at radius 2 is 1.73 bits per heavy atom. The van der Waals surface area contributed by atoms with Crippen molar-refractivity contribution in [1.82, 2.24) is 5.32 Å². The van der Waals surface area contributed by atoms with Crippen LogP contribution in [-0.4, -0.2) is 33.2 Å². The molecule has 8 heteroatoms. The Labute approximate surface area is 205 Å². The van der Waals surface area contributed by atoms with E-state index in [-0.39, 0.29) is 17.3 Å². The maximum Gasteiger partial charge on any atom is 0.264 e. The molecule has 3 aromatic rings. The highest BCUT2D eigenvalue weighted by atomic mass is 35.5. The number of benzene rings is 3. The van der Waals surface area contributed by atoms with E-state index in [1.165, 1.54) is 35.4 Å². The predicted molar refractivity (Wildman–Crippen MR) is 137 cm³/mol. The quantitative estimate of drug-likeness (QED) is 0.362. The second kappa shape index (κ2) is 12.1. The van der Waals surface area contributed by atoms with E-state index in [9.17, 15) is 13.2 Å². The lowest BCUT2D eigenvalue weighted by atomic mass is 10.2. The summed E-state index contributed by atoms with van der Waals surface area (Å²) in [6, 6.07) is 23.0. The molecule has 174 valence electrons. The van der Waals surface area contributed by atoms with E-state index in [2.05, 4.69) is 36.5 Å². The van der Waals surface area contributed by atoms with E-state index < -0.39 is 10.0 Å². The minimum Gasteiger partial charge on any atom is -0.354 e. The molecule has 3 rings (SSSR count). The van der Waals surface area contributed by atoms with Crippen molar-refractivity contribution in [1.29, 1.82) is 0 Å². The predicted octanol–water partition coefficient (Wildman–Crippen LogP) is 5.28. The van der Waals surface area contributed by atoms with Gasteiger partial charge in [-0.05, 0) is 61.1 Å². The summed E-state index contributed by atoms with van der Waals surface area (Å²) in [4.78, 5) is 12.7. The van der Waals surface area contributed by atoms with Crippen molar-refractivity contribution in [2.45, 2.75) is 24.0 Å². The van der Waals surface area contributed by atoms with E-state index in [1.54, 1.807) is 30.3 Å². The topological polar surface area (TPSA) is 66.5 Å². The SMILES string of the molecule is Cc1cccc(CSCCCNC(=O)CN(c2ccccc2)S(=O)(=O)c2ccc(Cl)cc2)c1. The Kier molecular flexibility index (Phi) is 9.23. The number of sulfonamides is 1. The first-order chi connectivity index (χ1) is 15.9. The van der Waals surface area contributed by atoms with Crippen LogP contribution >= 0.6 is 23.4 Å². The average molecular weight is 503 g/mol. The largest absolute Gasteiger partial charge is 0.354 e. The second-order valence-electron chi connectivity index (χ2n) is 7.55. The van der Waals surface area contributed by atoms with Gasteiger partial charge in [0.1, 0.15) is 6.54 Å². The zero-order valence-corrected chi connectivity index (χ0v) is 20.8. The van der Waals surface area contributed by atoms with Crippen LogP contribution in [0.4, 0.5) is 5.69 Å². The number of nitrogens with zero attached hydrogens (tertiary/aromatic N) is 1. The van der Waals surface area contributed by atoms with Gasteiger partial charge in [0, 0.05) is 17.3 Å². The molecule has 5 nitrogen and oxygen atoms in total. The zero-order valence-electron chi connectivity index (χ0n) is 18.4. The molecule has 0 aliphatic rings. The number of para-hydroxylation sites is 1. The molecule has 0 aliphatic heterocycles. The smallest absolute Gasteiger partial charge is 0.264 e. The van der Waals surface area contributed by atoms with Gasteiger partial charge in [0.15, 0.2) is 0 Å². The second-order valence-corrected chi connectivity index (χ2v) is 11.0. The van der Waals surface area contributed by atoms with E-state index in [1.807, 2.05) is 11.8 Å². The normalized spacial score (nSPS) is 11.2. The third-order valence-corrected chi connectivity index (χ3v) is 8.03. The van der Waals surface area contributed by atoms with E-state index in [0.717, 1.165) is 22.2 Å². The maximum absolute atomic E-state index is 13.3. The molecule has 0 radical (unpaired) electrons. The minimum absolute atomic E-state index is 0.0797. The molecule has 0 bridgehead atoms. The Hall–Kier alpha value is -2.48. The molecule has 0 heterocycles. The van der Waals surface area contributed by atoms with Gasteiger partial charge in [-0.15, -0.1) is 0 Å². The Morgan fingerprint density at radius 1 is 1.00 bits per heavy atom. The fraction of sp³-hybridized carbons (Fsp3) is 0.240. The van der Waals surface area contributed by atoms with Gasteiger partial charge in [-0.3, -0.25) is 9.10 Å². The molecule has 3 aromatic carbocycles. The van der Waals surface area contributed by atoms with Crippen molar-refractivity contribution < 1.29 is 13.2 Å². The van der Waals surface area contributed by atoms with Crippen molar-refractivity contribution in [3.63, 3.8) is 0 Å². The molecular weight excluding hydrogens is 476 g/mol. The van der Waals surface area contributed by atoms with Gasteiger partial charge >= 0.3 is 0 Å². The first kappa shape index (κ1) is 25.1. The average Bonchev–Trinajstić information content (AvgIpc) is 2.80. The summed E-state index contributed by atoms with van der Waals surface area (Å²) in [5, 5.41) is 3.29. The highest BCUT2D eigenvalue weighted by Gasteiger charge is 2.27. The van der Waals surface area contributed by atoms with Crippen LogP contribution in [-0.2, 0) is 20.6 Å². The lowest BCUT2D eigenvalue weighted by molar-refractivity contribution is -0.119. The monoisotopic (exact) mass is 502 g/mol. The fourth-order valence-electron chi connectivity index (χ4n) is 3.22. The van der Waals surface area contributed by atoms with Gasteiger partial charge in [0.25, 0.3) is 10.0 Å². The Morgan fingerprint density at radius 3 is 2.42 bits per heavy atom. The Balaban J connectivity index is 1.55. The number of hydrogen-bond acceptors (Lipinski definition) is 4. The number of amides is 1. The van der Waals surface area contributed by atoms with Crippen LogP contribution in [0.15, 0.2) is 83.8 Å². The number of aryl methyl sites for hydroxylation is 1. The number of nitrogens with one attached hydrogen (secondary N) is 1. The molecule has 0 fully saturated rings. The lowest BCUT2D eigenvalue weighted by Crippen LogP contribution is -2.41. The van der Waals surface area contributed by atoms with Gasteiger partial charge < -0.3 is 5.32 Å². The van der Waals surface area contributed by atoms with E-state index in [4.69, 9.17) is 11.6 Å². The first-order valence-corrected chi connectivity index (χ1v) is 13.6.